The summed E-state index contributed by atoms with van der Waals surface area (Å²) in [4.78, 5) is 15.5. The van der Waals surface area contributed by atoms with Gasteiger partial charge in [-0.25, -0.2) is 8.42 Å². The lowest BCUT2D eigenvalue weighted by atomic mass is 9.98. The van der Waals surface area contributed by atoms with Gasteiger partial charge in [0.05, 0.1) is 5.69 Å². The van der Waals surface area contributed by atoms with Crippen LogP contribution >= 0.6 is 0 Å². The first-order chi connectivity index (χ1) is 16.3. The molecule has 2 aromatic carbocycles. The predicted octanol–water partition coefficient (Wildman–Crippen LogP) is 5.16. The van der Waals surface area contributed by atoms with Crippen LogP contribution in [0.1, 0.15) is 62.4 Å². The average molecular weight is 484 g/mol. The van der Waals surface area contributed by atoms with E-state index in [9.17, 15) is 13.2 Å². The molecule has 0 unspecified atom stereocenters. The zero-order valence-electron chi connectivity index (χ0n) is 20.6. The van der Waals surface area contributed by atoms with Gasteiger partial charge in [-0.1, -0.05) is 32.9 Å². The second-order valence-corrected chi connectivity index (χ2v) is 11.8. The second-order valence-electron chi connectivity index (χ2n) is 9.94. The topological polar surface area (TPSA) is 69.7 Å². The molecule has 2 aliphatic heterocycles. The summed E-state index contributed by atoms with van der Waals surface area (Å²) in [7, 11) is -3.71. The fourth-order valence-electron chi connectivity index (χ4n) is 4.76. The van der Waals surface area contributed by atoms with Gasteiger partial charge in [-0.15, -0.1) is 0 Å². The van der Waals surface area contributed by atoms with Gasteiger partial charge < -0.3 is 10.2 Å². The number of sulfonamides is 1. The number of hydrogen-bond acceptors (Lipinski definition) is 4. The number of piperidine rings is 2. The van der Waals surface area contributed by atoms with Crippen molar-refractivity contribution in [1.82, 2.24) is 4.31 Å². The number of anilines is 2. The molecule has 2 fully saturated rings. The van der Waals surface area contributed by atoms with E-state index in [4.69, 9.17) is 0 Å². The molecule has 0 aliphatic carbocycles. The number of nitrogens with one attached hydrogen (secondary N) is 1. The van der Waals surface area contributed by atoms with Crippen LogP contribution in [0.4, 0.5) is 11.4 Å². The van der Waals surface area contributed by atoms with E-state index in [1.165, 1.54) is 5.56 Å². The van der Waals surface area contributed by atoms with E-state index in [0.29, 0.717) is 36.2 Å². The van der Waals surface area contributed by atoms with Crippen molar-refractivity contribution in [2.45, 2.75) is 57.8 Å². The number of hydrogen-bond donors (Lipinski definition) is 1. The van der Waals surface area contributed by atoms with E-state index in [0.717, 1.165) is 50.9 Å². The van der Waals surface area contributed by atoms with Crippen LogP contribution in [0.3, 0.4) is 0 Å². The second kappa shape index (κ2) is 10.5. The van der Waals surface area contributed by atoms with Crippen molar-refractivity contribution in [3.8, 4) is 0 Å². The number of carbonyl (C=O) groups excluding carboxylic acids is 1. The molecule has 184 valence electrons. The SMILES string of the molecule is CCc1ccc(NC(=O)c2ccc(N3CCC(C)CC3)c(S(=O)(=O)N3CCC(C)CC3)c2)cc1. The van der Waals surface area contributed by atoms with Gasteiger partial charge in [0.2, 0.25) is 10.0 Å². The van der Waals surface area contributed by atoms with Crippen LogP contribution < -0.4 is 10.2 Å². The molecule has 2 saturated heterocycles. The monoisotopic (exact) mass is 483 g/mol. The zero-order valence-corrected chi connectivity index (χ0v) is 21.4. The van der Waals surface area contributed by atoms with Crippen molar-refractivity contribution < 1.29 is 13.2 Å². The molecule has 0 saturated carbocycles. The Kier molecular flexibility index (Phi) is 7.63. The number of rotatable bonds is 6. The molecule has 1 N–H and O–H groups in total. The Hall–Kier alpha value is -2.38. The van der Waals surface area contributed by atoms with E-state index < -0.39 is 10.0 Å². The molecule has 2 heterocycles. The number of aryl methyl sites for hydroxylation is 1. The summed E-state index contributed by atoms with van der Waals surface area (Å²) >= 11 is 0. The van der Waals surface area contributed by atoms with Crippen molar-refractivity contribution in [2.24, 2.45) is 11.8 Å². The van der Waals surface area contributed by atoms with Crippen LogP contribution in [0.5, 0.6) is 0 Å². The largest absolute Gasteiger partial charge is 0.370 e. The van der Waals surface area contributed by atoms with Crippen LogP contribution in [0.25, 0.3) is 0 Å². The number of benzene rings is 2. The summed E-state index contributed by atoms with van der Waals surface area (Å²) < 4.78 is 29.2. The van der Waals surface area contributed by atoms with Gasteiger partial charge in [0.15, 0.2) is 0 Å². The van der Waals surface area contributed by atoms with Crippen molar-refractivity contribution in [2.75, 3.05) is 36.4 Å². The molecular formula is C27H37N3O3S. The van der Waals surface area contributed by atoms with E-state index in [2.05, 4.69) is 31.0 Å². The summed E-state index contributed by atoms with van der Waals surface area (Å²) in [6.45, 7) is 9.21. The molecule has 7 heteroatoms. The average Bonchev–Trinajstić information content (AvgIpc) is 2.85. The van der Waals surface area contributed by atoms with Crippen molar-refractivity contribution in [3.63, 3.8) is 0 Å². The van der Waals surface area contributed by atoms with Gasteiger partial charge in [-0.05, 0) is 79.8 Å². The van der Waals surface area contributed by atoms with Crippen LogP contribution in [-0.4, -0.2) is 44.8 Å². The number of amides is 1. The third kappa shape index (κ3) is 5.47. The van der Waals surface area contributed by atoms with Gasteiger partial charge in [-0.3, -0.25) is 4.79 Å². The molecule has 0 spiro atoms. The van der Waals surface area contributed by atoms with Crippen LogP contribution in [-0.2, 0) is 16.4 Å². The van der Waals surface area contributed by atoms with Crippen molar-refractivity contribution in [3.05, 3.63) is 53.6 Å². The first-order valence-corrected chi connectivity index (χ1v) is 14.0. The highest BCUT2D eigenvalue weighted by molar-refractivity contribution is 7.89. The highest BCUT2D eigenvalue weighted by atomic mass is 32.2. The molecule has 0 atom stereocenters. The van der Waals surface area contributed by atoms with Crippen LogP contribution in [0.15, 0.2) is 47.4 Å². The quantitative estimate of drug-likeness (QED) is 0.616. The standard InChI is InChI=1S/C27H37N3O3S/c1-4-22-5-8-24(9-6-22)28-27(31)23-7-10-25(29-15-11-20(2)12-16-29)26(19-23)34(32,33)30-17-13-21(3)14-18-30/h5-10,19-21H,4,11-18H2,1-3H3,(H,28,31). The Morgan fingerprint density at radius 3 is 2.09 bits per heavy atom. The molecule has 0 radical (unpaired) electrons. The first kappa shape index (κ1) is 24.7. The summed E-state index contributed by atoms with van der Waals surface area (Å²) in [5, 5.41) is 2.92. The van der Waals surface area contributed by atoms with Crippen molar-refractivity contribution in [1.29, 1.82) is 0 Å². The Bertz CT molecular complexity index is 1100. The fraction of sp³-hybridized carbons (Fsp3) is 0.519. The van der Waals surface area contributed by atoms with Crippen molar-refractivity contribution >= 4 is 27.3 Å². The molecule has 4 rings (SSSR count). The predicted molar refractivity (Wildman–Crippen MR) is 138 cm³/mol. The number of carbonyl (C=O) groups is 1. The molecule has 2 aromatic rings. The molecule has 34 heavy (non-hydrogen) atoms. The smallest absolute Gasteiger partial charge is 0.255 e. The maximum atomic E-state index is 13.8. The van der Waals surface area contributed by atoms with Gasteiger partial charge in [0.1, 0.15) is 4.90 Å². The minimum Gasteiger partial charge on any atom is -0.370 e. The third-order valence-electron chi connectivity index (χ3n) is 7.33. The van der Waals surface area contributed by atoms with Crippen LogP contribution in [0.2, 0.25) is 0 Å². The summed E-state index contributed by atoms with van der Waals surface area (Å²) in [5.74, 6) is 0.876. The Morgan fingerprint density at radius 1 is 0.912 bits per heavy atom. The molecule has 2 aliphatic rings. The maximum Gasteiger partial charge on any atom is 0.255 e. The van der Waals surface area contributed by atoms with E-state index in [1.54, 1.807) is 16.4 Å². The lowest BCUT2D eigenvalue weighted by Gasteiger charge is -2.35. The lowest BCUT2D eigenvalue weighted by molar-refractivity contribution is 0.102. The fourth-order valence-corrected chi connectivity index (χ4v) is 6.47. The third-order valence-corrected chi connectivity index (χ3v) is 9.25. The molecule has 6 nitrogen and oxygen atoms in total. The normalized spacial score (nSPS) is 18.7. The van der Waals surface area contributed by atoms with Crippen LogP contribution in [0, 0.1) is 11.8 Å². The minimum absolute atomic E-state index is 0.255. The molecule has 1 amide bonds. The summed E-state index contributed by atoms with van der Waals surface area (Å²) in [6.07, 6.45) is 4.74. The molecule has 0 bridgehead atoms. The molecule has 0 aromatic heterocycles. The first-order valence-electron chi connectivity index (χ1n) is 12.6. The Balaban J connectivity index is 1.65. The summed E-state index contributed by atoms with van der Waals surface area (Å²) in [5.41, 5.74) is 2.97. The Labute approximate surface area is 204 Å². The van der Waals surface area contributed by atoms with Gasteiger partial charge in [-0.2, -0.15) is 4.31 Å². The summed E-state index contributed by atoms with van der Waals surface area (Å²) in [6, 6.07) is 12.9. The molecular weight excluding hydrogens is 446 g/mol. The Morgan fingerprint density at radius 2 is 1.50 bits per heavy atom. The lowest BCUT2D eigenvalue weighted by Crippen LogP contribution is -2.39. The zero-order chi connectivity index (χ0) is 24.3. The maximum absolute atomic E-state index is 13.8. The number of nitrogens with zero attached hydrogens (tertiary/aromatic N) is 2. The van der Waals surface area contributed by atoms with E-state index in [-0.39, 0.29) is 10.8 Å². The van der Waals surface area contributed by atoms with E-state index >= 15 is 0 Å². The van der Waals surface area contributed by atoms with Gasteiger partial charge >= 0.3 is 0 Å². The van der Waals surface area contributed by atoms with Gasteiger partial charge in [0, 0.05) is 37.4 Å². The minimum atomic E-state index is -3.71. The van der Waals surface area contributed by atoms with E-state index in [1.807, 2.05) is 30.3 Å². The highest BCUT2D eigenvalue weighted by Crippen LogP contribution is 2.34. The van der Waals surface area contributed by atoms with Gasteiger partial charge in [0.25, 0.3) is 5.91 Å². The highest BCUT2D eigenvalue weighted by Gasteiger charge is 2.32.